The van der Waals surface area contributed by atoms with Gasteiger partial charge in [-0.3, -0.25) is 0 Å². The van der Waals surface area contributed by atoms with Crippen LogP contribution in [0.1, 0.15) is 39.9 Å². The van der Waals surface area contributed by atoms with Gasteiger partial charge in [-0.1, -0.05) is 20.8 Å². The van der Waals surface area contributed by atoms with Crippen LogP contribution in [-0.4, -0.2) is 35.8 Å². The molecular formula is C14H24N4O. The Morgan fingerprint density at radius 2 is 2.05 bits per heavy atom. The molecule has 1 aromatic heterocycles. The molecule has 1 aliphatic heterocycles. The average molecular weight is 264 g/mol. The molecule has 0 radical (unpaired) electrons. The van der Waals surface area contributed by atoms with Gasteiger partial charge in [0, 0.05) is 24.6 Å². The lowest BCUT2D eigenvalue weighted by atomic mass is 9.96. The average Bonchev–Trinajstić information content (AvgIpc) is 2.81. The fourth-order valence-electron chi connectivity index (χ4n) is 1.99. The molecular weight excluding hydrogens is 240 g/mol. The number of nitrogens with one attached hydrogen (secondary N) is 2. The van der Waals surface area contributed by atoms with Crippen LogP contribution in [0.4, 0.5) is 11.6 Å². The van der Waals surface area contributed by atoms with E-state index in [-0.39, 0.29) is 5.41 Å². The third kappa shape index (κ3) is 3.80. The van der Waals surface area contributed by atoms with Crippen molar-refractivity contribution < 1.29 is 4.74 Å². The minimum atomic E-state index is -0.0615. The Kier molecular flexibility index (Phi) is 4.24. The largest absolute Gasteiger partial charge is 0.379 e. The maximum Gasteiger partial charge on any atom is 0.138 e. The first kappa shape index (κ1) is 14.1. The molecule has 0 bridgehead atoms. The quantitative estimate of drug-likeness (QED) is 0.874. The summed E-state index contributed by atoms with van der Waals surface area (Å²) in [6.45, 7) is 10.9. The van der Waals surface area contributed by atoms with Crippen molar-refractivity contribution in [3.8, 4) is 0 Å². The number of rotatable bonds is 4. The lowest BCUT2D eigenvalue weighted by molar-refractivity contribution is 0.195. The minimum absolute atomic E-state index is 0.0615. The van der Waals surface area contributed by atoms with Crippen molar-refractivity contribution in [3.05, 3.63) is 11.9 Å². The Morgan fingerprint density at radius 1 is 1.32 bits per heavy atom. The first-order valence-electron chi connectivity index (χ1n) is 6.96. The molecule has 2 heterocycles. The fraction of sp³-hybridized carbons (Fsp3) is 0.714. The van der Waals surface area contributed by atoms with E-state index < -0.39 is 0 Å². The number of hydrogen-bond donors (Lipinski definition) is 2. The number of anilines is 2. The lowest BCUT2D eigenvalue weighted by Gasteiger charge is -2.20. The van der Waals surface area contributed by atoms with Crippen molar-refractivity contribution in [2.75, 3.05) is 30.4 Å². The van der Waals surface area contributed by atoms with Crippen molar-refractivity contribution >= 4 is 11.6 Å². The highest BCUT2D eigenvalue weighted by Gasteiger charge is 2.21. The third-order valence-electron chi connectivity index (χ3n) is 3.04. The maximum absolute atomic E-state index is 5.38. The topological polar surface area (TPSA) is 59.1 Å². The van der Waals surface area contributed by atoms with Crippen LogP contribution in [0.3, 0.4) is 0 Å². The van der Waals surface area contributed by atoms with Gasteiger partial charge in [0.1, 0.15) is 17.5 Å². The molecule has 2 rings (SSSR count). The fourth-order valence-corrected chi connectivity index (χ4v) is 1.99. The van der Waals surface area contributed by atoms with Crippen LogP contribution in [0, 0.1) is 0 Å². The van der Waals surface area contributed by atoms with Crippen LogP contribution in [0.5, 0.6) is 0 Å². The second-order valence-electron chi connectivity index (χ2n) is 5.95. The minimum Gasteiger partial charge on any atom is -0.379 e. The number of hydrogen-bond acceptors (Lipinski definition) is 5. The van der Waals surface area contributed by atoms with Crippen LogP contribution in [0.25, 0.3) is 0 Å². The highest BCUT2D eigenvalue weighted by molar-refractivity contribution is 5.48. The van der Waals surface area contributed by atoms with Crippen LogP contribution < -0.4 is 10.6 Å². The molecule has 1 saturated heterocycles. The summed E-state index contributed by atoms with van der Waals surface area (Å²) in [5.74, 6) is 2.61. The summed E-state index contributed by atoms with van der Waals surface area (Å²) < 4.78 is 5.38. The number of aromatic nitrogens is 2. The summed E-state index contributed by atoms with van der Waals surface area (Å²) in [4.78, 5) is 9.21. The Balaban J connectivity index is 2.22. The van der Waals surface area contributed by atoms with E-state index in [4.69, 9.17) is 4.74 Å². The van der Waals surface area contributed by atoms with Gasteiger partial charge < -0.3 is 15.4 Å². The highest BCUT2D eigenvalue weighted by atomic mass is 16.5. The predicted octanol–water partition coefficient (Wildman–Crippen LogP) is 2.41. The second-order valence-corrected chi connectivity index (χ2v) is 5.95. The zero-order valence-corrected chi connectivity index (χ0v) is 12.3. The van der Waals surface area contributed by atoms with E-state index in [0.717, 1.165) is 43.6 Å². The molecule has 5 nitrogen and oxygen atoms in total. The van der Waals surface area contributed by atoms with Crippen molar-refractivity contribution in [2.45, 2.75) is 45.6 Å². The standard InChI is InChI=1S/C14H24N4O/c1-5-15-11-8-12(16-10-6-7-19-9-10)18-13(17-11)14(2,3)4/h8,10H,5-7,9H2,1-4H3,(H2,15,16,17,18). The lowest BCUT2D eigenvalue weighted by Crippen LogP contribution is -2.23. The Labute approximate surface area is 115 Å². The van der Waals surface area contributed by atoms with Gasteiger partial charge in [0.25, 0.3) is 0 Å². The molecule has 2 N–H and O–H groups in total. The van der Waals surface area contributed by atoms with E-state index in [1.807, 2.05) is 6.07 Å². The normalized spacial score (nSPS) is 19.5. The molecule has 0 aromatic carbocycles. The zero-order valence-electron chi connectivity index (χ0n) is 12.3. The van der Waals surface area contributed by atoms with Gasteiger partial charge in [-0.25, -0.2) is 9.97 Å². The number of nitrogens with zero attached hydrogens (tertiary/aromatic N) is 2. The highest BCUT2D eigenvalue weighted by Crippen LogP contribution is 2.23. The van der Waals surface area contributed by atoms with Crippen LogP contribution >= 0.6 is 0 Å². The third-order valence-corrected chi connectivity index (χ3v) is 3.04. The summed E-state index contributed by atoms with van der Waals surface area (Å²) >= 11 is 0. The molecule has 1 unspecified atom stereocenters. The van der Waals surface area contributed by atoms with Crippen molar-refractivity contribution in [2.24, 2.45) is 0 Å². The van der Waals surface area contributed by atoms with Crippen LogP contribution in [0.15, 0.2) is 6.07 Å². The smallest absolute Gasteiger partial charge is 0.138 e. The molecule has 5 heteroatoms. The molecule has 0 amide bonds. The second kappa shape index (κ2) is 5.74. The molecule has 1 atom stereocenters. The zero-order chi connectivity index (χ0) is 13.9. The van der Waals surface area contributed by atoms with Crippen LogP contribution in [0.2, 0.25) is 0 Å². The summed E-state index contributed by atoms with van der Waals surface area (Å²) in [6, 6.07) is 2.33. The molecule has 0 saturated carbocycles. The first-order valence-corrected chi connectivity index (χ1v) is 6.96. The first-order chi connectivity index (χ1) is 8.99. The summed E-state index contributed by atoms with van der Waals surface area (Å²) in [5.41, 5.74) is -0.0615. The monoisotopic (exact) mass is 264 g/mol. The van der Waals surface area contributed by atoms with Gasteiger partial charge in [0.05, 0.1) is 12.6 Å². The summed E-state index contributed by atoms with van der Waals surface area (Å²) in [7, 11) is 0. The molecule has 19 heavy (non-hydrogen) atoms. The van der Waals surface area contributed by atoms with E-state index in [1.165, 1.54) is 0 Å². The molecule has 0 aliphatic carbocycles. The van der Waals surface area contributed by atoms with E-state index in [1.54, 1.807) is 0 Å². The Hall–Kier alpha value is -1.36. The predicted molar refractivity (Wildman–Crippen MR) is 77.7 cm³/mol. The van der Waals surface area contributed by atoms with Crippen LogP contribution in [-0.2, 0) is 10.2 Å². The van der Waals surface area contributed by atoms with Gasteiger partial charge in [-0.2, -0.15) is 0 Å². The molecule has 1 aliphatic rings. The van der Waals surface area contributed by atoms with Gasteiger partial charge >= 0.3 is 0 Å². The Bertz CT molecular complexity index is 422. The Morgan fingerprint density at radius 3 is 2.63 bits per heavy atom. The van der Waals surface area contributed by atoms with Gasteiger partial charge in [-0.15, -0.1) is 0 Å². The SMILES string of the molecule is CCNc1cc(NC2CCOC2)nc(C(C)(C)C)n1. The van der Waals surface area contributed by atoms with E-state index in [0.29, 0.717) is 6.04 Å². The summed E-state index contributed by atoms with van der Waals surface area (Å²) in [5, 5.41) is 6.70. The van der Waals surface area contributed by atoms with Crippen molar-refractivity contribution in [3.63, 3.8) is 0 Å². The summed E-state index contributed by atoms with van der Waals surface area (Å²) in [6.07, 6.45) is 1.03. The van der Waals surface area contributed by atoms with E-state index >= 15 is 0 Å². The van der Waals surface area contributed by atoms with Gasteiger partial charge in [-0.05, 0) is 13.3 Å². The molecule has 1 fully saturated rings. The molecule has 1 aromatic rings. The van der Waals surface area contributed by atoms with Crippen molar-refractivity contribution in [1.29, 1.82) is 0 Å². The number of ether oxygens (including phenoxy) is 1. The molecule has 106 valence electrons. The van der Waals surface area contributed by atoms with E-state index in [9.17, 15) is 0 Å². The van der Waals surface area contributed by atoms with Gasteiger partial charge in [0.2, 0.25) is 0 Å². The molecule has 0 spiro atoms. The van der Waals surface area contributed by atoms with Crippen molar-refractivity contribution in [1.82, 2.24) is 9.97 Å². The maximum atomic E-state index is 5.38. The van der Waals surface area contributed by atoms with Gasteiger partial charge in [0.15, 0.2) is 0 Å². The van der Waals surface area contributed by atoms with E-state index in [2.05, 4.69) is 48.3 Å².